The first kappa shape index (κ1) is 11.4. The highest BCUT2D eigenvalue weighted by atomic mass is 35.5. The van der Waals surface area contributed by atoms with E-state index >= 15 is 0 Å². The van der Waals surface area contributed by atoms with E-state index in [9.17, 15) is 0 Å². The molecule has 0 fully saturated rings. The fraction of sp³-hybridized carbons (Fsp3) is 0.0769. The second kappa shape index (κ2) is 4.23. The third-order valence-corrected chi connectivity index (χ3v) is 4.00. The van der Waals surface area contributed by atoms with Crippen molar-refractivity contribution >= 4 is 39.7 Å². The number of fused-ring (bicyclic) bond motifs is 1. The fourth-order valence-electron chi connectivity index (χ4n) is 1.83. The predicted octanol–water partition coefficient (Wildman–Crippen LogP) is 3.90. The number of hydrogen-bond acceptors (Lipinski definition) is 4. The molecule has 3 nitrogen and oxygen atoms in total. The molecule has 3 aromatic rings. The predicted molar refractivity (Wildman–Crippen MR) is 77.0 cm³/mol. The van der Waals surface area contributed by atoms with Crippen molar-refractivity contribution in [1.29, 1.82) is 0 Å². The molecule has 0 bridgehead atoms. The van der Waals surface area contributed by atoms with E-state index in [0.29, 0.717) is 16.7 Å². The van der Waals surface area contributed by atoms with Crippen LogP contribution in [0.2, 0.25) is 5.02 Å². The van der Waals surface area contributed by atoms with E-state index < -0.39 is 0 Å². The standard InChI is InChI=1S/C13H10ClN3S/c1-7-4-5-18-11(7)13-16-10-6-8(14)2-3-9(10)12(15)17-13/h2-6H,1H3,(H2,15,16,17). The number of benzene rings is 1. The summed E-state index contributed by atoms with van der Waals surface area (Å²) in [6.07, 6.45) is 0. The summed E-state index contributed by atoms with van der Waals surface area (Å²) in [5.74, 6) is 1.15. The van der Waals surface area contributed by atoms with Crippen LogP contribution in [0, 0.1) is 6.92 Å². The highest BCUT2D eigenvalue weighted by Crippen LogP contribution is 2.30. The smallest absolute Gasteiger partial charge is 0.172 e. The monoisotopic (exact) mass is 275 g/mol. The lowest BCUT2D eigenvalue weighted by atomic mass is 10.2. The average Bonchev–Trinajstić information content (AvgIpc) is 2.74. The molecule has 0 saturated carbocycles. The van der Waals surface area contributed by atoms with Crippen LogP contribution >= 0.6 is 22.9 Å². The van der Waals surface area contributed by atoms with Crippen molar-refractivity contribution in [2.75, 3.05) is 5.73 Å². The molecule has 0 unspecified atom stereocenters. The number of thiophene rings is 1. The summed E-state index contributed by atoms with van der Waals surface area (Å²) in [5, 5.41) is 3.50. The second-order valence-electron chi connectivity index (χ2n) is 4.03. The molecule has 0 aliphatic rings. The number of nitrogens with two attached hydrogens (primary N) is 1. The third kappa shape index (κ3) is 1.83. The van der Waals surface area contributed by atoms with Gasteiger partial charge in [-0.05, 0) is 42.1 Å². The number of nitrogen functional groups attached to an aromatic ring is 1. The molecule has 0 spiro atoms. The van der Waals surface area contributed by atoms with Gasteiger partial charge in [0.1, 0.15) is 5.82 Å². The van der Waals surface area contributed by atoms with Crippen LogP contribution in [-0.4, -0.2) is 9.97 Å². The zero-order valence-electron chi connectivity index (χ0n) is 9.64. The maximum Gasteiger partial charge on any atom is 0.172 e. The molecule has 2 N–H and O–H groups in total. The molecule has 0 amide bonds. The Kier molecular flexibility index (Phi) is 2.69. The van der Waals surface area contributed by atoms with Gasteiger partial charge in [0.2, 0.25) is 0 Å². The number of rotatable bonds is 1. The maximum atomic E-state index is 5.98. The van der Waals surface area contributed by atoms with Crippen LogP contribution in [0.4, 0.5) is 5.82 Å². The zero-order valence-corrected chi connectivity index (χ0v) is 11.2. The largest absolute Gasteiger partial charge is 0.383 e. The van der Waals surface area contributed by atoms with Crippen LogP contribution < -0.4 is 5.73 Å². The van der Waals surface area contributed by atoms with Crippen molar-refractivity contribution < 1.29 is 0 Å². The lowest BCUT2D eigenvalue weighted by molar-refractivity contribution is 1.24. The van der Waals surface area contributed by atoms with Crippen LogP contribution in [0.25, 0.3) is 21.6 Å². The van der Waals surface area contributed by atoms with Gasteiger partial charge in [-0.15, -0.1) is 11.3 Å². The first-order valence-corrected chi connectivity index (χ1v) is 6.68. The molecule has 1 aromatic carbocycles. The minimum atomic E-state index is 0.486. The number of anilines is 1. The molecule has 2 aromatic heterocycles. The molecule has 0 atom stereocenters. The minimum Gasteiger partial charge on any atom is -0.383 e. The Morgan fingerprint density at radius 1 is 1.22 bits per heavy atom. The molecule has 0 radical (unpaired) electrons. The van der Waals surface area contributed by atoms with Gasteiger partial charge >= 0.3 is 0 Å². The topological polar surface area (TPSA) is 51.8 Å². The number of aryl methyl sites for hydroxylation is 1. The Labute approximate surface area is 113 Å². The number of nitrogens with zero attached hydrogens (tertiary/aromatic N) is 2. The number of aromatic nitrogens is 2. The van der Waals surface area contributed by atoms with Crippen LogP contribution in [0.5, 0.6) is 0 Å². The highest BCUT2D eigenvalue weighted by Gasteiger charge is 2.10. The highest BCUT2D eigenvalue weighted by molar-refractivity contribution is 7.13. The van der Waals surface area contributed by atoms with E-state index in [-0.39, 0.29) is 0 Å². The second-order valence-corrected chi connectivity index (χ2v) is 5.38. The Morgan fingerprint density at radius 3 is 2.78 bits per heavy atom. The van der Waals surface area contributed by atoms with Gasteiger partial charge in [-0.1, -0.05) is 11.6 Å². The molecule has 0 saturated heterocycles. The van der Waals surface area contributed by atoms with Crippen LogP contribution in [0.15, 0.2) is 29.6 Å². The summed E-state index contributed by atoms with van der Waals surface area (Å²) in [7, 11) is 0. The number of halogens is 1. The van der Waals surface area contributed by atoms with Crippen LogP contribution in [0.1, 0.15) is 5.56 Å². The summed E-state index contributed by atoms with van der Waals surface area (Å²) >= 11 is 7.59. The summed E-state index contributed by atoms with van der Waals surface area (Å²) in [5.41, 5.74) is 7.90. The maximum absolute atomic E-state index is 5.98. The Morgan fingerprint density at radius 2 is 2.06 bits per heavy atom. The number of hydrogen-bond donors (Lipinski definition) is 1. The lowest BCUT2D eigenvalue weighted by Crippen LogP contribution is -1.97. The quantitative estimate of drug-likeness (QED) is 0.733. The van der Waals surface area contributed by atoms with E-state index in [1.807, 2.05) is 24.4 Å². The fourth-order valence-corrected chi connectivity index (χ4v) is 2.86. The van der Waals surface area contributed by atoms with Crippen LogP contribution in [0.3, 0.4) is 0 Å². The zero-order chi connectivity index (χ0) is 12.7. The van der Waals surface area contributed by atoms with Gasteiger partial charge in [0, 0.05) is 10.4 Å². The molecule has 18 heavy (non-hydrogen) atoms. The summed E-state index contributed by atoms with van der Waals surface area (Å²) in [6.45, 7) is 2.04. The Hall–Kier alpha value is -1.65. The van der Waals surface area contributed by atoms with Gasteiger partial charge in [0.15, 0.2) is 5.82 Å². The van der Waals surface area contributed by atoms with Gasteiger partial charge in [-0.2, -0.15) is 0 Å². The first-order chi connectivity index (χ1) is 8.65. The molecular formula is C13H10ClN3S. The molecule has 2 heterocycles. The van der Waals surface area contributed by atoms with Gasteiger partial charge < -0.3 is 5.73 Å². The van der Waals surface area contributed by atoms with Gasteiger partial charge in [-0.3, -0.25) is 0 Å². The summed E-state index contributed by atoms with van der Waals surface area (Å²) < 4.78 is 0. The third-order valence-electron chi connectivity index (χ3n) is 2.75. The average molecular weight is 276 g/mol. The van der Waals surface area contributed by atoms with E-state index in [1.165, 1.54) is 0 Å². The van der Waals surface area contributed by atoms with Crippen molar-refractivity contribution in [3.05, 3.63) is 40.2 Å². The van der Waals surface area contributed by atoms with Crippen molar-refractivity contribution in [3.8, 4) is 10.7 Å². The van der Waals surface area contributed by atoms with Gasteiger partial charge in [0.05, 0.1) is 10.4 Å². The molecular weight excluding hydrogens is 266 g/mol. The molecule has 0 aliphatic carbocycles. The van der Waals surface area contributed by atoms with Crippen LogP contribution in [-0.2, 0) is 0 Å². The van der Waals surface area contributed by atoms with E-state index in [4.69, 9.17) is 17.3 Å². The Bertz CT molecular complexity index is 736. The van der Waals surface area contributed by atoms with E-state index in [2.05, 4.69) is 9.97 Å². The van der Waals surface area contributed by atoms with Gasteiger partial charge in [-0.25, -0.2) is 9.97 Å². The summed E-state index contributed by atoms with van der Waals surface area (Å²) in [4.78, 5) is 9.95. The normalized spacial score (nSPS) is 11.0. The lowest BCUT2D eigenvalue weighted by Gasteiger charge is -2.05. The first-order valence-electron chi connectivity index (χ1n) is 5.42. The van der Waals surface area contributed by atoms with Gasteiger partial charge in [0.25, 0.3) is 0 Å². The summed E-state index contributed by atoms with van der Waals surface area (Å²) in [6, 6.07) is 7.49. The minimum absolute atomic E-state index is 0.486. The van der Waals surface area contributed by atoms with Crippen molar-refractivity contribution in [2.24, 2.45) is 0 Å². The van der Waals surface area contributed by atoms with E-state index in [0.717, 1.165) is 21.3 Å². The molecule has 0 aliphatic heterocycles. The van der Waals surface area contributed by atoms with Crippen molar-refractivity contribution in [2.45, 2.75) is 6.92 Å². The van der Waals surface area contributed by atoms with E-state index in [1.54, 1.807) is 23.5 Å². The molecule has 3 rings (SSSR count). The van der Waals surface area contributed by atoms with Crippen molar-refractivity contribution in [1.82, 2.24) is 9.97 Å². The Balaban J connectivity index is 2.30. The SMILES string of the molecule is Cc1ccsc1-c1nc(N)c2ccc(Cl)cc2n1. The van der Waals surface area contributed by atoms with Crippen molar-refractivity contribution in [3.63, 3.8) is 0 Å². The molecule has 5 heteroatoms. The molecule has 90 valence electrons.